The number of rotatable bonds is 4. The highest BCUT2D eigenvalue weighted by Crippen LogP contribution is 2.33. The number of carbonyl (C=O) groups excluding carboxylic acids is 1. The number of amides is 1. The third-order valence-corrected chi connectivity index (χ3v) is 2.69. The second-order valence-electron chi connectivity index (χ2n) is 3.24. The number of nitrogens with two attached hydrogens (primary N) is 1. The topological polar surface area (TPSA) is 56.0 Å². The first-order valence-electron chi connectivity index (χ1n) is 4.59. The maximum absolute atomic E-state index is 12.7. The third-order valence-electron chi connectivity index (χ3n) is 1.81. The molecule has 0 aromatic carbocycles. The highest BCUT2D eigenvalue weighted by atomic mass is 32.2. The van der Waals surface area contributed by atoms with Gasteiger partial charge in [0.25, 0.3) is 6.43 Å². The Morgan fingerprint density at radius 3 is 2.26 bits per heavy atom. The summed E-state index contributed by atoms with van der Waals surface area (Å²) >= 11 is -0.222. The van der Waals surface area contributed by atoms with Crippen LogP contribution in [0.4, 0.5) is 26.3 Å². The quantitative estimate of drug-likeness (QED) is 0.687. The van der Waals surface area contributed by atoms with Crippen molar-refractivity contribution in [2.24, 2.45) is 5.73 Å². The predicted molar refractivity (Wildman–Crippen MR) is 54.5 cm³/mol. The Hall–Kier alpha value is -1.45. The van der Waals surface area contributed by atoms with Gasteiger partial charge in [0, 0.05) is 5.56 Å². The molecule has 2 N–H and O–H groups in total. The highest BCUT2D eigenvalue weighted by molar-refractivity contribution is 7.99. The van der Waals surface area contributed by atoms with E-state index >= 15 is 0 Å². The molecule has 19 heavy (non-hydrogen) atoms. The first-order valence-corrected chi connectivity index (χ1v) is 5.47. The van der Waals surface area contributed by atoms with Crippen molar-refractivity contribution in [2.45, 2.75) is 23.1 Å². The number of hydrogen-bond acceptors (Lipinski definition) is 3. The van der Waals surface area contributed by atoms with Crippen LogP contribution in [0.25, 0.3) is 0 Å². The van der Waals surface area contributed by atoms with Crippen molar-refractivity contribution in [1.82, 2.24) is 4.98 Å². The van der Waals surface area contributed by atoms with Gasteiger partial charge in [-0.05, 0) is 12.1 Å². The van der Waals surface area contributed by atoms with Crippen LogP contribution in [0.3, 0.4) is 0 Å². The van der Waals surface area contributed by atoms with E-state index in [-0.39, 0.29) is 11.8 Å². The molecule has 0 fully saturated rings. The van der Waals surface area contributed by atoms with Gasteiger partial charge in [0.2, 0.25) is 11.4 Å². The molecule has 1 heterocycles. The van der Waals surface area contributed by atoms with E-state index in [1.807, 2.05) is 0 Å². The zero-order valence-corrected chi connectivity index (χ0v) is 9.73. The van der Waals surface area contributed by atoms with Crippen molar-refractivity contribution >= 4 is 17.7 Å². The number of primary amides is 1. The summed E-state index contributed by atoms with van der Waals surface area (Å²) in [6.07, 6.45) is -8.30. The summed E-state index contributed by atoms with van der Waals surface area (Å²) in [6.45, 7) is 0. The summed E-state index contributed by atoms with van der Waals surface area (Å²) in [4.78, 5) is 13.8. The lowest BCUT2D eigenvalue weighted by Crippen LogP contribution is -2.16. The second-order valence-corrected chi connectivity index (χ2v) is 4.35. The Morgan fingerprint density at radius 1 is 1.26 bits per heavy atom. The van der Waals surface area contributed by atoms with Gasteiger partial charge in [0.05, 0.1) is 0 Å². The number of nitrogens with zero attached hydrogens (tertiary/aromatic N) is 1. The van der Waals surface area contributed by atoms with Gasteiger partial charge >= 0.3 is 6.18 Å². The second kappa shape index (κ2) is 5.68. The van der Waals surface area contributed by atoms with E-state index in [4.69, 9.17) is 5.73 Å². The Labute approximate surface area is 107 Å². The maximum Gasteiger partial charge on any atom is 0.433 e. The Kier molecular flexibility index (Phi) is 4.66. The summed E-state index contributed by atoms with van der Waals surface area (Å²) in [7, 11) is 0. The lowest BCUT2D eigenvalue weighted by molar-refractivity contribution is -0.141. The largest absolute Gasteiger partial charge is 0.433 e. The summed E-state index contributed by atoms with van der Waals surface area (Å²) in [5.74, 6) is -1.21. The smallest absolute Gasteiger partial charge is 0.366 e. The lowest BCUT2D eigenvalue weighted by atomic mass is 10.2. The normalized spacial score (nSPS) is 13.6. The van der Waals surface area contributed by atoms with Crippen LogP contribution >= 0.6 is 11.8 Å². The molecule has 3 nitrogen and oxygen atoms in total. The molecule has 0 radical (unpaired) electrons. The SMILES string of the molecule is NC(=O)c1cc(SC(F)C(F)F)nc(C(F)(F)F)c1. The number of alkyl halides is 6. The zero-order chi connectivity index (χ0) is 14.8. The molecule has 0 aliphatic carbocycles. The minimum absolute atomic E-state index is 0.222. The van der Waals surface area contributed by atoms with E-state index in [9.17, 15) is 31.1 Å². The van der Waals surface area contributed by atoms with Crippen LogP contribution < -0.4 is 5.73 Å². The highest BCUT2D eigenvalue weighted by Gasteiger charge is 2.34. The minimum Gasteiger partial charge on any atom is -0.366 e. The zero-order valence-electron chi connectivity index (χ0n) is 8.92. The third kappa shape index (κ3) is 4.30. The van der Waals surface area contributed by atoms with Crippen LogP contribution in [0.15, 0.2) is 17.2 Å². The molecule has 0 aliphatic rings. The molecule has 0 saturated heterocycles. The van der Waals surface area contributed by atoms with E-state index in [0.717, 1.165) is 6.07 Å². The first kappa shape index (κ1) is 15.6. The van der Waals surface area contributed by atoms with Crippen molar-refractivity contribution in [3.8, 4) is 0 Å². The molecule has 1 atom stereocenters. The summed E-state index contributed by atoms with van der Waals surface area (Å²) in [6, 6.07) is 1.08. The van der Waals surface area contributed by atoms with E-state index in [1.54, 1.807) is 0 Å². The van der Waals surface area contributed by atoms with Gasteiger partial charge in [-0.15, -0.1) is 0 Å². The van der Waals surface area contributed by atoms with Gasteiger partial charge in [0.15, 0.2) is 0 Å². The number of thioether (sulfide) groups is 1. The van der Waals surface area contributed by atoms with E-state index < -0.39 is 40.3 Å². The van der Waals surface area contributed by atoms with Crippen molar-refractivity contribution in [3.05, 3.63) is 23.4 Å². The number of aromatic nitrogens is 1. The number of carbonyl (C=O) groups is 1. The lowest BCUT2D eigenvalue weighted by Gasteiger charge is -2.11. The van der Waals surface area contributed by atoms with Crippen LogP contribution in [-0.4, -0.2) is 22.8 Å². The molecular formula is C9H6F6N2OS. The molecule has 1 amide bonds. The molecule has 106 valence electrons. The molecule has 10 heteroatoms. The van der Waals surface area contributed by atoms with Gasteiger partial charge in [-0.2, -0.15) is 13.2 Å². The van der Waals surface area contributed by atoms with Crippen LogP contribution in [0.2, 0.25) is 0 Å². The fourth-order valence-corrected chi connectivity index (χ4v) is 1.70. The van der Waals surface area contributed by atoms with Gasteiger partial charge in [0.1, 0.15) is 10.7 Å². The van der Waals surface area contributed by atoms with Crippen molar-refractivity contribution < 1.29 is 31.1 Å². The Morgan fingerprint density at radius 2 is 1.84 bits per heavy atom. The average molecular weight is 304 g/mol. The van der Waals surface area contributed by atoms with Crippen molar-refractivity contribution in [1.29, 1.82) is 0 Å². The molecule has 0 saturated carbocycles. The van der Waals surface area contributed by atoms with Gasteiger partial charge in [-0.1, -0.05) is 11.8 Å². The molecular weight excluding hydrogens is 298 g/mol. The Bertz CT molecular complexity index is 478. The van der Waals surface area contributed by atoms with Crippen LogP contribution in [0.5, 0.6) is 0 Å². The fourth-order valence-electron chi connectivity index (χ4n) is 1.02. The van der Waals surface area contributed by atoms with Crippen LogP contribution in [-0.2, 0) is 6.18 Å². The monoisotopic (exact) mass is 304 g/mol. The number of halogens is 6. The van der Waals surface area contributed by atoms with Gasteiger partial charge < -0.3 is 5.73 Å². The van der Waals surface area contributed by atoms with E-state index in [1.165, 1.54) is 0 Å². The molecule has 0 spiro atoms. The van der Waals surface area contributed by atoms with E-state index in [2.05, 4.69) is 4.98 Å². The number of hydrogen-bond donors (Lipinski definition) is 1. The van der Waals surface area contributed by atoms with E-state index in [0.29, 0.717) is 6.07 Å². The van der Waals surface area contributed by atoms with Crippen molar-refractivity contribution in [2.75, 3.05) is 0 Å². The van der Waals surface area contributed by atoms with Gasteiger partial charge in [-0.25, -0.2) is 18.2 Å². The first-order chi connectivity index (χ1) is 8.61. The Balaban J connectivity index is 3.17. The van der Waals surface area contributed by atoms with Crippen LogP contribution in [0, 0.1) is 0 Å². The van der Waals surface area contributed by atoms with Crippen LogP contribution in [0.1, 0.15) is 16.1 Å². The molecule has 1 unspecified atom stereocenters. The number of pyridine rings is 1. The molecule has 0 aliphatic heterocycles. The summed E-state index contributed by atoms with van der Waals surface area (Å²) in [5.41, 5.74) is -0.0509. The maximum atomic E-state index is 12.7. The molecule has 0 bridgehead atoms. The standard InChI is InChI=1S/C9H6F6N2OS/c10-6(11)7(12)19-5-2-3(8(16)18)1-4(17-5)9(13,14)15/h1-2,6-7H,(H2,16,18). The minimum atomic E-state index is -4.91. The molecule has 1 aromatic heterocycles. The average Bonchev–Trinajstić information content (AvgIpc) is 2.27. The fraction of sp³-hybridized carbons (Fsp3) is 0.333. The predicted octanol–water partition coefficient (Wildman–Crippen LogP) is 2.85. The van der Waals surface area contributed by atoms with Gasteiger partial charge in [-0.3, -0.25) is 4.79 Å². The molecule has 1 rings (SSSR count). The summed E-state index contributed by atoms with van der Waals surface area (Å²) in [5, 5.41) is -0.698. The molecule has 1 aromatic rings. The summed E-state index contributed by atoms with van der Waals surface area (Å²) < 4.78 is 74.0. The van der Waals surface area contributed by atoms with Crippen molar-refractivity contribution in [3.63, 3.8) is 0 Å².